The van der Waals surface area contributed by atoms with E-state index in [-0.39, 0.29) is 0 Å². The SMILES string of the molecule is Cc1cccc(-c2nnc(NCc3ccccc3)c3ccccc23)c1. The average Bonchev–Trinajstić information content (AvgIpc) is 2.67. The minimum atomic E-state index is 0.726. The van der Waals surface area contributed by atoms with E-state index >= 15 is 0 Å². The highest BCUT2D eigenvalue weighted by Gasteiger charge is 2.10. The fourth-order valence-corrected chi connectivity index (χ4v) is 3.02. The molecule has 0 saturated carbocycles. The second kappa shape index (κ2) is 6.73. The quantitative estimate of drug-likeness (QED) is 0.559. The molecule has 0 bridgehead atoms. The van der Waals surface area contributed by atoms with Gasteiger partial charge in [-0.1, -0.05) is 78.4 Å². The van der Waals surface area contributed by atoms with Crippen LogP contribution in [0.2, 0.25) is 0 Å². The number of fused-ring (bicyclic) bond motifs is 1. The second-order valence-corrected chi connectivity index (χ2v) is 6.15. The molecule has 25 heavy (non-hydrogen) atoms. The summed E-state index contributed by atoms with van der Waals surface area (Å²) in [6, 6.07) is 27.0. The van der Waals surface area contributed by atoms with E-state index in [1.807, 2.05) is 30.3 Å². The van der Waals surface area contributed by atoms with Crippen molar-refractivity contribution in [3.8, 4) is 11.3 Å². The lowest BCUT2D eigenvalue weighted by Crippen LogP contribution is -2.04. The molecule has 4 rings (SSSR count). The second-order valence-electron chi connectivity index (χ2n) is 6.15. The summed E-state index contributed by atoms with van der Waals surface area (Å²) in [6.07, 6.45) is 0. The number of hydrogen-bond donors (Lipinski definition) is 1. The maximum Gasteiger partial charge on any atom is 0.156 e. The summed E-state index contributed by atoms with van der Waals surface area (Å²) in [6.45, 7) is 2.82. The van der Waals surface area contributed by atoms with E-state index < -0.39 is 0 Å². The molecule has 4 aromatic rings. The van der Waals surface area contributed by atoms with Gasteiger partial charge in [-0.3, -0.25) is 0 Å². The van der Waals surface area contributed by atoms with Gasteiger partial charge in [0.25, 0.3) is 0 Å². The van der Waals surface area contributed by atoms with Gasteiger partial charge in [0, 0.05) is 22.9 Å². The molecule has 3 heteroatoms. The normalized spacial score (nSPS) is 10.8. The number of nitrogens with zero attached hydrogens (tertiary/aromatic N) is 2. The zero-order chi connectivity index (χ0) is 17.1. The van der Waals surface area contributed by atoms with E-state index in [1.54, 1.807) is 0 Å². The molecule has 0 amide bonds. The van der Waals surface area contributed by atoms with Gasteiger partial charge >= 0.3 is 0 Å². The number of aromatic nitrogens is 2. The number of anilines is 1. The standard InChI is InChI=1S/C22H19N3/c1-16-8-7-11-18(14-16)21-19-12-5-6-13-20(19)22(25-24-21)23-15-17-9-3-2-4-10-17/h2-14H,15H2,1H3,(H,23,25). The van der Waals surface area contributed by atoms with Crippen molar-refractivity contribution in [2.45, 2.75) is 13.5 Å². The maximum absolute atomic E-state index is 4.52. The van der Waals surface area contributed by atoms with Crippen molar-refractivity contribution in [1.29, 1.82) is 0 Å². The van der Waals surface area contributed by atoms with Gasteiger partial charge in [0.05, 0.1) is 0 Å². The van der Waals surface area contributed by atoms with Crippen LogP contribution in [0.1, 0.15) is 11.1 Å². The highest BCUT2D eigenvalue weighted by Crippen LogP contribution is 2.30. The third-order valence-corrected chi connectivity index (χ3v) is 4.28. The van der Waals surface area contributed by atoms with Crippen LogP contribution in [-0.4, -0.2) is 10.2 Å². The van der Waals surface area contributed by atoms with E-state index in [0.717, 1.165) is 34.4 Å². The van der Waals surface area contributed by atoms with E-state index in [9.17, 15) is 0 Å². The Morgan fingerprint density at radius 1 is 0.760 bits per heavy atom. The Morgan fingerprint density at radius 2 is 1.52 bits per heavy atom. The Kier molecular flexibility index (Phi) is 4.13. The summed E-state index contributed by atoms with van der Waals surface area (Å²) in [5, 5.41) is 14.6. The summed E-state index contributed by atoms with van der Waals surface area (Å²) >= 11 is 0. The van der Waals surface area contributed by atoms with Crippen molar-refractivity contribution in [3.63, 3.8) is 0 Å². The fourth-order valence-electron chi connectivity index (χ4n) is 3.02. The molecule has 0 fully saturated rings. The Hall–Kier alpha value is -3.20. The monoisotopic (exact) mass is 325 g/mol. The van der Waals surface area contributed by atoms with Crippen LogP contribution in [0.4, 0.5) is 5.82 Å². The largest absolute Gasteiger partial charge is 0.364 e. The van der Waals surface area contributed by atoms with Crippen molar-refractivity contribution in [2.75, 3.05) is 5.32 Å². The van der Waals surface area contributed by atoms with Crippen LogP contribution in [0, 0.1) is 6.92 Å². The number of hydrogen-bond acceptors (Lipinski definition) is 3. The number of aryl methyl sites for hydroxylation is 1. The molecule has 0 aliphatic carbocycles. The predicted octanol–water partition coefficient (Wildman–Crippen LogP) is 5.22. The summed E-state index contributed by atoms with van der Waals surface area (Å²) < 4.78 is 0. The smallest absolute Gasteiger partial charge is 0.156 e. The maximum atomic E-state index is 4.52. The highest BCUT2D eigenvalue weighted by atomic mass is 15.2. The molecule has 0 spiro atoms. The average molecular weight is 325 g/mol. The van der Waals surface area contributed by atoms with E-state index in [4.69, 9.17) is 0 Å². The summed E-state index contributed by atoms with van der Waals surface area (Å²) in [5.41, 5.74) is 4.45. The molecule has 1 heterocycles. The zero-order valence-corrected chi connectivity index (χ0v) is 14.1. The molecule has 0 aliphatic rings. The van der Waals surface area contributed by atoms with Crippen LogP contribution in [0.3, 0.4) is 0 Å². The Morgan fingerprint density at radius 3 is 2.32 bits per heavy atom. The van der Waals surface area contributed by atoms with Gasteiger partial charge < -0.3 is 5.32 Å². The van der Waals surface area contributed by atoms with E-state index in [2.05, 4.69) is 71.0 Å². The predicted molar refractivity (Wildman–Crippen MR) is 103 cm³/mol. The molecule has 0 atom stereocenters. The first-order chi connectivity index (χ1) is 12.3. The minimum Gasteiger partial charge on any atom is -0.364 e. The molecule has 1 aromatic heterocycles. The first-order valence-electron chi connectivity index (χ1n) is 8.41. The van der Waals surface area contributed by atoms with Gasteiger partial charge in [-0.2, -0.15) is 0 Å². The van der Waals surface area contributed by atoms with Crippen molar-refractivity contribution >= 4 is 16.6 Å². The lowest BCUT2D eigenvalue weighted by atomic mass is 10.0. The van der Waals surface area contributed by atoms with Crippen molar-refractivity contribution < 1.29 is 0 Å². The van der Waals surface area contributed by atoms with Gasteiger partial charge in [0.1, 0.15) is 5.69 Å². The van der Waals surface area contributed by atoms with Crippen LogP contribution in [0.25, 0.3) is 22.0 Å². The van der Waals surface area contributed by atoms with Crippen LogP contribution in [-0.2, 0) is 6.54 Å². The van der Waals surface area contributed by atoms with Crippen LogP contribution in [0.15, 0.2) is 78.9 Å². The summed E-state index contributed by atoms with van der Waals surface area (Å²) in [4.78, 5) is 0. The lowest BCUT2D eigenvalue weighted by molar-refractivity contribution is 1.02. The Labute approximate surface area is 147 Å². The molecule has 0 radical (unpaired) electrons. The first kappa shape index (κ1) is 15.3. The number of rotatable bonds is 4. The molecule has 122 valence electrons. The van der Waals surface area contributed by atoms with Crippen molar-refractivity contribution in [1.82, 2.24) is 10.2 Å². The topological polar surface area (TPSA) is 37.8 Å². The third-order valence-electron chi connectivity index (χ3n) is 4.28. The molecule has 0 aliphatic heterocycles. The molecular formula is C22H19N3. The van der Waals surface area contributed by atoms with E-state index in [1.165, 1.54) is 11.1 Å². The van der Waals surface area contributed by atoms with Crippen LogP contribution < -0.4 is 5.32 Å². The molecule has 0 unspecified atom stereocenters. The van der Waals surface area contributed by atoms with Crippen molar-refractivity contribution in [3.05, 3.63) is 90.0 Å². The third kappa shape index (κ3) is 3.22. The highest BCUT2D eigenvalue weighted by molar-refractivity contribution is 6.00. The Balaban J connectivity index is 1.74. The number of nitrogens with one attached hydrogen (secondary N) is 1. The van der Waals surface area contributed by atoms with Crippen molar-refractivity contribution in [2.24, 2.45) is 0 Å². The Bertz CT molecular complexity index is 1010. The molecule has 1 N–H and O–H groups in total. The molecular weight excluding hydrogens is 306 g/mol. The molecule has 3 nitrogen and oxygen atoms in total. The van der Waals surface area contributed by atoms with Gasteiger partial charge in [0.2, 0.25) is 0 Å². The first-order valence-corrected chi connectivity index (χ1v) is 8.41. The zero-order valence-electron chi connectivity index (χ0n) is 14.1. The summed E-state index contributed by atoms with van der Waals surface area (Å²) in [5.74, 6) is 0.816. The van der Waals surface area contributed by atoms with Gasteiger partial charge in [0.15, 0.2) is 5.82 Å². The van der Waals surface area contributed by atoms with Crippen LogP contribution in [0.5, 0.6) is 0 Å². The fraction of sp³-hybridized carbons (Fsp3) is 0.0909. The van der Waals surface area contributed by atoms with Gasteiger partial charge in [-0.15, -0.1) is 10.2 Å². The van der Waals surface area contributed by atoms with Crippen LogP contribution >= 0.6 is 0 Å². The van der Waals surface area contributed by atoms with E-state index in [0.29, 0.717) is 0 Å². The minimum absolute atomic E-state index is 0.726. The molecule has 0 saturated heterocycles. The van der Waals surface area contributed by atoms with Gasteiger partial charge in [-0.05, 0) is 18.6 Å². The van der Waals surface area contributed by atoms with Gasteiger partial charge in [-0.25, -0.2) is 0 Å². The number of benzene rings is 3. The lowest BCUT2D eigenvalue weighted by Gasteiger charge is -2.11. The molecule has 3 aromatic carbocycles. The summed E-state index contributed by atoms with van der Waals surface area (Å²) in [7, 11) is 0.